The third-order valence-corrected chi connectivity index (χ3v) is 2.73. The monoisotopic (exact) mass is 194 g/mol. The van der Waals surface area contributed by atoms with Crippen LogP contribution in [0.2, 0.25) is 0 Å². The van der Waals surface area contributed by atoms with Crippen LogP contribution in [0.1, 0.15) is 24.2 Å². The van der Waals surface area contributed by atoms with Crippen molar-refractivity contribution in [3.8, 4) is 0 Å². The van der Waals surface area contributed by atoms with Gasteiger partial charge < -0.3 is 15.1 Å². The average Bonchev–Trinajstić information content (AvgIpc) is 2.84. The van der Waals surface area contributed by atoms with E-state index in [2.05, 4.69) is 11.9 Å². The van der Waals surface area contributed by atoms with Gasteiger partial charge in [0, 0.05) is 18.7 Å². The van der Waals surface area contributed by atoms with Gasteiger partial charge in [0.1, 0.15) is 5.76 Å². The Kier molecular flexibility index (Phi) is 2.89. The van der Waals surface area contributed by atoms with Crippen molar-refractivity contribution in [1.82, 2.24) is 4.90 Å². The van der Waals surface area contributed by atoms with Gasteiger partial charge in [-0.2, -0.15) is 0 Å². The largest absolute Gasteiger partial charge is 0.468 e. The summed E-state index contributed by atoms with van der Waals surface area (Å²) in [6, 6.07) is 2.02. The van der Waals surface area contributed by atoms with Gasteiger partial charge in [-0.1, -0.05) is 0 Å². The third-order valence-electron chi connectivity index (χ3n) is 2.73. The first-order valence-electron chi connectivity index (χ1n) is 5.23. The summed E-state index contributed by atoms with van der Waals surface area (Å²) < 4.78 is 5.28. The maximum Gasteiger partial charge on any atom is 0.121 e. The van der Waals surface area contributed by atoms with Gasteiger partial charge in [-0.15, -0.1) is 0 Å². The lowest BCUT2D eigenvalue weighted by Crippen LogP contribution is -2.21. The summed E-state index contributed by atoms with van der Waals surface area (Å²) in [6.07, 6.45) is 4.53. The van der Waals surface area contributed by atoms with Gasteiger partial charge in [0.25, 0.3) is 0 Å². The fourth-order valence-corrected chi connectivity index (χ4v) is 1.78. The first-order chi connectivity index (χ1) is 6.79. The van der Waals surface area contributed by atoms with Gasteiger partial charge in [-0.25, -0.2) is 0 Å². The van der Waals surface area contributed by atoms with E-state index in [1.54, 1.807) is 6.26 Å². The van der Waals surface area contributed by atoms with E-state index in [1.807, 2.05) is 6.07 Å². The van der Waals surface area contributed by atoms with Gasteiger partial charge in [0.05, 0.1) is 12.8 Å². The first-order valence-corrected chi connectivity index (χ1v) is 5.23. The molecule has 78 valence electrons. The van der Waals surface area contributed by atoms with E-state index >= 15 is 0 Å². The second kappa shape index (κ2) is 4.15. The predicted molar refractivity (Wildman–Crippen MR) is 55.7 cm³/mol. The molecular weight excluding hydrogens is 176 g/mol. The molecule has 1 aliphatic carbocycles. The standard InChI is InChI=1S/C11H18N2O/c1-13(7-9-2-3-9)8-10-4-5-14-11(10)6-12/h4-5,9H,2-3,6-8,12H2,1H3. The number of rotatable bonds is 5. The molecule has 2 N–H and O–H groups in total. The molecule has 3 heteroatoms. The molecule has 0 bridgehead atoms. The molecule has 0 aliphatic heterocycles. The van der Waals surface area contributed by atoms with E-state index in [9.17, 15) is 0 Å². The van der Waals surface area contributed by atoms with Crippen molar-refractivity contribution in [2.24, 2.45) is 11.7 Å². The average molecular weight is 194 g/mol. The molecule has 0 atom stereocenters. The zero-order valence-electron chi connectivity index (χ0n) is 8.70. The molecule has 0 spiro atoms. The molecule has 0 aromatic carbocycles. The van der Waals surface area contributed by atoms with Crippen LogP contribution in [-0.2, 0) is 13.1 Å². The lowest BCUT2D eigenvalue weighted by atomic mass is 10.2. The lowest BCUT2D eigenvalue weighted by molar-refractivity contribution is 0.310. The van der Waals surface area contributed by atoms with Crippen LogP contribution < -0.4 is 5.73 Å². The summed E-state index contributed by atoms with van der Waals surface area (Å²) >= 11 is 0. The molecule has 0 saturated heterocycles. The van der Waals surface area contributed by atoms with Gasteiger partial charge in [0.2, 0.25) is 0 Å². The quantitative estimate of drug-likeness (QED) is 0.773. The van der Waals surface area contributed by atoms with Crippen molar-refractivity contribution in [3.05, 3.63) is 23.7 Å². The van der Waals surface area contributed by atoms with Crippen molar-refractivity contribution in [1.29, 1.82) is 0 Å². The van der Waals surface area contributed by atoms with Crippen LogP contribution in [-0.4, -0.2) is 18.5 Å². The highest BCUT2D eigenvalue weighted by atomic mass is 16.3. The van der Waals surface area contributed by atoms with Crippen molar-refractivity contribution in [3.63, 3.8) is 0 Å². The second-order valence-electron chi connectivity index (χ2n) is 4.21. The minimum Gasteiger partial charge on any atom is -0.468 e. The predicted octanol–water partition coefficient (Wildman–Crippen LogP) is 1.58. The Morgan fingerprint density at radius 2 is 2.36 bits per heavy atom. The Bertz CT molecular complexity index is 291. The molecule has 0 amide bonds. The van der Waals surface area contributed by atoms with Crippen LogP contribution in [0.25, 0.3) is 0 Å². The zero-order chi connectivity index (χ0) is 9.97. The van der Waals surface area contributed by atoms with Gasteiger partial charge in [-0.05, 0) is 31.9 Å². The topological polar surface area (TPSA) is 42.4 Å². The minimum atomic E-state index is 0.500. The van der Waals surface area contributed by atoms with Crippen LogP contribution in [0.5, 0.6) is 0 Å². The van der Waals surface area contributed by atoms with Crippen molar-refractivity contribution in [2.75, 3.05) is 13.6 Å². The molecule has 3 nitrogen and oxygen atoms in total. The van der Waals surface area contributed by atoms with E-state index < -0.39 is 0 Å². The molecule has 14 heavy (non-hydrogen) atoms. The second-order valence-corrected chi connectivity index (χ2v) is 4.21. The van der Waals surface area contributed by atoms with Crippen molar-refractivity contribution >= 4 is 0 Å². The summed E-state index contributed by atoms with van der Waals surface area (Å²) in [4.78, 5) is 2.35. The normalized spacial score (nSPS) is 16.5. The summed E-state index contributed by atoms with van der Waals surface area (Å²) in [6.45, 7) is 2.66. The smallest absolute Gasteiger partial charge is 0.121 e. The van der Waals surface area contributed by atoms with E-state index in [-0.39, 0.29) is 0 Å². The Hall–Kier alpha value is -0.800. The van der Waals surface area contributed by atoms with Crippen LogP contribution in [0.3, 0.4) is 0 Å². The van der Waals surface area contributed by atoms with Crippen LogP contribution in [0.15, 0.2) is 16.7 Å². The van der Waals surface area contributed by atoms with E-state index in [0.29, 0.717) is 6.54 Å². The molecule has 0 unspecified atom stereocenters. The summed E-state index contributed by atoms with van der Waals surface area (Å²) in [5, 5.41) is 0. The fraction of sp³-hybridized carbons (Fsp3) is 0.636. The fourth-order valence-electron chi connectivity index (χ4n) is 1.78. The van der Waals surface area contributed by atoms with Crippen LogP contribution in [0, 0.1) is 5.92 Å². The molecule has 1 heterocycles. The van der Waals surface area contributed by atoms with Crippen LogP contribution >= 0.6 is 0 Å². The SMILES string of the molecule is CN(Cc1ccoc1CN)CC1CC1. The number of hydrogen-bond acceptors (Lipinski definition) is 3. The highest BCUT2D eigenvalue weighted by molar-refractivity contribution is 5.16. The molecule has 1 aromatic rings. The Labute approximate surface area is 84.9 Å². The third kappa shape index (κ3) is 2.36. The molecule has 1 aromatic heterocycles. The van der Waals surface area contributed by atoms with E-state index in [1.165, 1.54) is 24.9 Å². The number of hydrogen-bond donors (Lipinski definition) is 1. The highest BCUT2D eigenvalue weighted by Gasteiger charge is 2.23. The molecule has 0 radical (unpaired) electrons. The van der Waals surface area contributed by atoms with E-state index in [0.717, 1.165) is 18.2 Å². The molecule has 1 fully saturated rings. The maximum atomic E-state index is 5.57. The van der Waals surface area contributed by atoms with Crippen molar-refractivity contribution < 1.29 is 4.42 Å². The van der Waals surface area contributed by atoms with Gasteiger partial charge in [0.15, 0.2) is 0 Å². The molecule has 1 aliphatic rings. The molecular formula is C11H18N2O. The van der Waals surface area contributed by atoms with Gasteiger partial charge in [-0.3, -0.25) is 0 Å². The van der Waals surface area contributed by atoms with Crippen molar-refractivity contribution in [2.45, 2.75) is 25.9 Å². The van der Waals surface area contributed by atoms with Gasteiger partial charge >= 0.3 is 0 Å². The summed E-state index contributed by atoms with van der Waals surface area (Å²) in [7, 11) is 2.16. The molecule has 1 saturated carbocycles. The number of nitrogens with two attached hydrogens (primary N) is 1. The Morgan fingerprint density at radius 3 is 3.00 bits per heavy atom. The summed E-state index contributed by atoms with van der Waals surface area (Å²) in [5.41, 5.74) is 6.80. The maximum absolute atomic E-state index is 5.57. The van der Waals surface area contributed by atoms with Crippen LogP contribution in [0.4, 0.5) is 0 Å². The summed E-state index contributed by atoms with van der Waals surface area (Å²) in [5.74, 6) is 1.86. The number of nitrogens with zero attached hydrogens (tertiary/aromatic N) is 1. The Balaban J connectivity index is 1.88. The minimum absolute atomic E-state index is 0.500. The molecule has 2 rings (SSSR count). The first kappa shape index (κ1) is 9.74. The zero-order valence-corrected chi connectivity index (χ0v) is 8.70. The van der Waals surface area contributed by atoms with E-state index in [4.69, 9.17) is 10.2 Å². The Morgan fingerprint density at radius 1 is 1.57 bits per heavy atom. The highest BCUT2D eigenvalue weighted by Crippen LogP contribution is 2.29. The lowest BCUT2D eigenvalue weighted by Gasteiger charge is -2.15. The number of furan rings is 1.